The number of benzene rings is 2. The minimum absolute atomic E-state index is 0.977. The van der Waals surface area contributed by atoms with Gasteiger partial charge >= 0.3 is 0 Å². The molecule has 3 heteroatoms. The molecular weight excluding hydrogens is 282 g/mol. The SMILES string of the molecule is c1ccc(CCCNCCc2cc(-c3ccccc3)n[nH]2)cc1. The van der Waals surface area contributed by atoms with Gasteiger partial charge in [-0.2, -0.15) is 5.10 Å². The number of rotatable bonds is 8. The van der Waals surface area contributed by atoms with E-state index in [-0.39, 0.29) is 0 Å². The Bertz CT molecular complexity index is 689. The van der Waals surface area contributed by atoms with E-state index >= 15 is 0 Å². The normalized spacial score (nSPS) is 10.8. The summed E-state index contributed by atoms with van der Waals surface area (Å²) in [5.74, 6) is 0. The fraction of sp³-hybridized carbons (Fsp3) is 0.250. The summed E-state index contributed by atoms with van der Waals surface area (Å²) in [5, 5.41) is 11.0. The first-order valence-corrected chi connectivity index (χ1v) is 8.26. The minimum atomic E-state index is 0.977. The molecule has 0 spiro atoms. The van der Waals surface area contributed by atoms with Gasteiger partial charge in [-0.15, -0.1) is 0 Å². The van der Waals surface area contributed by atoms with Gasteiger partial charge in [0.2, 0.25) is 0 Å². The molecule has 0 bridgehead atoms. The molecule has 1 aromatic heterocycles. The number of aromatic amines is 1. The van der Waals surface area contributed by atoms with Crippen molar-refractivity contribution in [2.75, 3.05) is 13.1 Å². The molecule has 3 aromatic rings. The van der Waals surface area contributed by atoms with Gasteiger partial charge in [-0.05, 0) is 31.0 Å². The summed E-state index contributed by atoms with van der Waals surface area (Å²) in [6.45, 7) is 2.03. The van der Waals surface area contributed by atoms with E-state index in [1.807, 2.05) is 18.2 Å². The van der Waals surface area contributed by atoms with E-state index < -0.39 is 0 Å². The second-order valence-corrected chi connectivity index (χ2v) is 5.73. The molecule has 0 saturated heterocycles. The summed E-state index contributed by atoms with van der Waals surface area (Å²) in [6, 6.07) is 23.1. The van der Waals surface area contributed by atoms with Crippen LogP contribution in [-0.4, -0.2) is 23.3 Å². The topological polar surface area (TPSA) is 40.7 Å². The van der Waals surface area contributed by atoms with Crippen LogP contribution in [0.15, 0.2) is 66.7 Å². The summed E-state index contributed by atoms with van der Waals surface area (Å²) >= 11 is 0. The van der Waals surface area contributed by atoms with Gasteiger partial charge in [-0.25, -0.2) is 0 Å². The Kier molecular flexibility index (Phi) is 5.59. The van der Waals surface area contributed by atoms with E-state index in [2.05, 4.69) is 64.0 Å². The number of H-pyrrole nitrogens is 1. The second-order valence-electron chi connectivity index (χ2n) is 5.73. The monoisotopic (exact) mass is 305 g/mol. The number of aryl methyl sites for hydroxylation is 1. The van der Waals surface area contributed by atoms with Crippen LogP contribution < -0.4 is 5.32 Å². The first kappa shape index (κ1) is 15.5. The van der Waals surface area contributed by atoms with E-state index in [1.54, 1.807) is 0 Å². The van der Waals surface area contributed by atoms with E-state index in [9.17, 15) is 0 Å². The third kappa shape index (κ3) is 4.80. The van der Waals surface area contributed by atoms with Crippen molar-refractivity contribution in [3.8, 4) is 11.3 Å². The molecule has 2 aromatic carbocycles. The van der Waals surface area contributed by atoms with Gasteiger partial charge in [-0.3, -0.25) is 5.10 Å². The van der Waals surface area contributed by atoms with Crippen LogP contribution in [0, 0.1) is 0 Å². The molecule has 2 N–H and O–H groups in total. The number of aromatic nitrogens is 2. The van der Waals surface area contributed by atoms with Crippen LogP contribution in [0.2, 0.25) is 0 Å². The zero-order valence-electron chi connectivity index (χ0n) is 13.3. The lowest BCUT2D eigenvalue weighted by atomic mass is 10.1. The van der Waals surface area contributed by atoms with Crippen LogP contribution in [0.4, 0.5) is 0 Å². The van der Waals surface area contributed by atoms with E-state index in [0.29, 0.717) is 0 Å². The lowest BCUT2D eigenvalue weighted by molar-refractivity contribution is 0.642. The Morgan fingerprint density at radius 3 is 2.35 bits per heavy atom. The maximum absolute atomic E-state index is 4.39. The number of hydrogen-bond acceptors (Lipinski definition) is 2. The Morgan fingerprint density at radius 2 is 1.57 bits per heavy atom. The predicted molar refractivity (Wildman–Crippen MR) is 95.4 cm³/mol. The molecule has 1 heterocycles. The molecule has 0 radical (unpaired) electrons. The van der Waals surface area contributed by atoms with Crippen LogP contribution in [0.5, 0.6) is 0 Å². The fourth-order valence-electron chi connectivity index (χ4n) is 2.66. The Morgan fingerprint density at radius 1 is 0.826 bits per heavy atom. The van der Waals surface area contributed by atoms with E-state index in [0.717, 1.165) is 37.2 Å². The molecule has 0 saturated carbocycles. The van der Waals surface area contributed by atoms with Crippen molar-refractivity contribution in [2.45, 2.75) is 19.3 Å². The summed E-state index contributed by atoms with van der Waals surface area (Å²) in [7, 11) is 0. The molecule has 3 rings (SSSR count). The first-order valence-electron chi connectivity index (χ1n) is 8.26. The smallest absolute Gasteiger partial charge is 0.0923 e. The lowest BCUT2D eigenvalue weighted by Crippen LogP contribution is -2.19. The molecule has 0 aliphatic heterocycles. The van der Waals surface area contributed by atoms with Crippen LogP contribution in [0.25, 0.3) is 11.3 Å². The quantitative estimate of drug-likeness (QED) is 0.621. The highest BCUT2D eigenvalue weighted by Gasteiger charge is 2.03. The molecule has 3 nitrogen and oxygen atoms in total. The third-order valence-electron chi connectivity index (χ3n) is 3.93. The van der Waals surface area contributed by atoms with Crippen molar-refractivity contribution in [1.29, 1.82) is 0 Å². The fourth-order valence-corrected chi connectivity index (χ4v) is 2.66. The highest BCUT2D eigenvalue weighted by Crippen LogP contribution is 2.16. The average molecular weight is 305 g/mol. The van der Waals surface area contributed by atoms with Gasteiger partial charge in [0.05, 0.1) is 5.69 Å². The number of nitrogens with one attached hydrogen (secondary N) is 2. The standard InChI is InChI=1S/C20H23N3/c1-3-8-17(9-4-1)10-7-14-21-15-13-19-16-20(23-22-19)18-11-5-2-6-12-18/h1-6,8-9,11-12,16,21H,7,10,13-15H2,(H,22,23). The number of nitrogens with zero attached hydrogens (tertiary/aromatic N) is 1. The summed E-state index contributed by atoms with van der Waals surface area (Å²) in [5.41, 5.74) is 4.77. The van der Waals surface area contributed by atoms with Crippen LogP contribution in [-0.2, 0) is 12.8 Å². The second kappa shape index (κ2) is 8.30. The van der Waals surface area contributed by atoms with Crippen molar-refractivity contribution in [3.05, 3.63) is 78.0 Å². The highest BCUT2D eigenvalue weighted by atomic mass is 15.1. The largest absolute Gasteiger partial charge is 0.316 e. The minimum Gasteiger partial charge on any atom is -0.316 e. The molecule has 0 atom stereocenters. The Hall–Kier alpha value is -2.39. The molecule has 0 aliphatic carbocycles. The highest BCUT2D eigenvalue weighted by molar-refractivity contribution is 5.58. The van der Waals surface area contributed by atoms with Gasteiger partial charge < -0.3 is 5.32 Å². The number of hydrogen-bond donors (Lipinski definition) is 2. The van der Waals surface area contributed by atoms with Crippen LogP contribution in [0.1, 0.15) is 17.7 Å². The first-order chi connectivity index (χ1) is 11.4. The Balaban J connectivity index is 1.36. The zero-order chi connectivity index (χ0) is 15.7. The third-order valence-corrected chi connectivity index (χ3v) is 3.93. The molecule has 23 heavy (non-hydrogen) atoms. The molecule has 118 valence electrons. The summed E-state index contributed by atoms with van der Waals surface area (Å²) < 4.78 is 0. The van der Waals surface area contributed by atoms with Crippen molar-refractivity contribution in [1.82, 2.24) is 15.5 Å². The molecule has 0 fully saturated rings. The van der Waals surface area contributed by atoms with Gasteiger partial charge in [0, 0.05) is 24.2 Å². The maximum Gasteiger partial charge on any atom is 0.0923 e. The summed E-state index contributed by atoms with van der Waals surface area (Å²) in [4.78, 5) is 0. The molecular formula is C20H23N3. The van der Waals surface area contributed by atoms with Gasteiger partial charge in [0.1, 0.15) is 0 Å². The van der Waals surface area contributed by atoms with Crippen molar-refractivity contribution in [2.24, 2.45) is 0 Å². The average Bonchev–Trinajstić information content (AvgIpc) is 3.09. The Labute approximate surface area is 137 Å². The van der Waals surface area contributed by atoms with Gasteiger partial charge in [0.15, 0.2) is 0 Å². The van der Waals surface area contributed by atoms with E-state index in [1.165, 1.54) is 17.7 Å². The molecule has 0 unspecified atom stereocenters. The van der Waals surface area contributed by atoms with Gasteiger partial charge in [0.25, 0.3) is 0 Å². The van der Waals surface area contributed by atoms with E-state index in [4.69, 9.17) is 0 Å². The zero-order valence-corrected chi connectivity index (χ0v) is 13.3. The van der Waals surface area contributed by atoms with Crippen molar-refractivity contribution < 1.29 is 0 Å². The van der Waals surface area contributed by atoms with Crippen molar-refractivity contribution in [3.63, 3.8) is 0 Å². The lowest BCUT2D eigenvalue weighted by Gasteiger charge is -2.04. The van der Waals surface area contributed by atoms with Crippen LogP contribution in [0.3, 0.4) is 0 Å². The maximum atomic E-state index is 4.39. The van der Waals surface area contributed by atoms with Gasteiger partial charge in [-0.1, -0.05) is 60.7 Å². The molecule has 0 amide bonds. The predicted octanol–water partition coefficient (Wildman–Crippen LogP) is 3.84. The summed E-state index contributed by atoms with van der Waals surface area (Å²) in [6.07, 6.45) is 3.28. The van der Waals surface area contributed by atoms with Crippen LogP contribution >= 0.6 is 0 Å². The molecule has 0 aliphatic rings. The van der Waals surface area contributed by atoms with Crippen molar-refractivity contribution >= 4 is 0 Å².